The minimum absolute atomic E-state index is 0.0242. The molecule has 0 saturated carbocycles. The number of furan rings is 1. The predicted octanol–water partition coefficient (Wildman–Crippen LogP) is 2.53. The van der Waals surface area contributed by atoms with Gasteiger partial charge < -0.3 is 18.7 Å². The molecule has 0 bridgehead atoms. The van der Waals surface area contributed by atoms with Gasteiger partial charge in [-0.3, -0.25) is 14.5 Å². The Morgan fingerprint density at radius 1 is 0.909 bits per heavy atom. The van der Waals surface area contributed by atoms with Crippen LogP contribution in [0, 0.1) is 5.92 Å². The summed E-state index contributed by atoms with van der Waals surface area (Å²) in [4.78, 5) is 35.9. The number of amides is 2. The van der Waals surface area contributed by atoms with Gasteiger partial charge in [0.1, 0.15) is 0 Å². The third-order valence-corrected chi connectivity index (χ3v) is 6.41. The van der Waals surface area contributed by atoms with E-state index in [1.807, 2.05) is 35.2 Å². The Morgan fingerprint density at radius 2 is 1.64 bits per heavy atom. The molecule has 2 fully saturated rings. The van der Waals surface area contributed by atoms with Gasteiger partial charge in [-0.05, 0) is 38.1 Å². The van der Waals surface area contributed by atoms with E-state index in [2.05, 4.69) is 15.0 Å². The monoisotopic (exact) mass is 449 g/mol. The van der Waals surface area contributed by atoms with Crippen molar-refractivity contribution in [1.82, 2.24) is 24.8 Å². The minimum atomic E-state index is -0.114. The van der Waals surface area contributed by atoms with Crippen LogP contribution >= 0.6 is 0 Å². The maximum Gasteiger partial charge on any atom is 0.289 e. The number of likely N-dealkylation sites (tertiary alicyclic amines) is 1. The van der Waals surface area contributed by atoms with E-state index in [1.165, 1.54) is 6.26 Å². The van der Waals surface area contributed by atoms with Crippen molar-refractivity contribution in [1.29, 1.82) is 0 Å². The second-order valence-corrected chi connectivity index (χ2v) is 8.52. The van der Waals surface area contributed by atoms with Gasteiger partial charge in [0.15, 0.2) is 5.76 Å². The zero-order valence-electron chi connectivity index (χ0n) is 18.4. The van der Waals surface area contributed by atoms with Crippen LogP contribution < -0.4 is 0 Å². The quantitative estimate of drug-likeness (QED) is 0.591. The molecule has 4 heterocycles. The SMILES string of the molecule is O=C(c1ccco1)N1CCN(C(=O)C2CCN(Cc3nc(-c4ccccc4)no3)CC2)CC1. The highest BCUT2D eigenvalue weighted by atomic mass is 16.5. The number of rotatable bonds is 5. The fraction of sp³-hybridized carbons (Fsp3) is 0.417. The Bertz CT molecular complexity index is 1070. The molecule has 172 valence electrons. The molecule has 2 aliphatic heterocycles. The van der Waals surface area contributed by atoms with Crippen molar-refractivity contribution in [2.45, 2.75) is 19.4 Å². The van der Waals surface area contributed by atoms with Crippen molar-refractivity contribution in [3.05, 3.63) is 60.4 Å². The third kappa shape index (κ3) is 4.83. The van der Waals surface area contributed by atoms with Gasteiger partial charge in [-0.15, -0.1) is 0 Å². The molecule has 2 saturated heterocycles. The van der Waals surface area contributed by atoms with E-state index in [0.29, 0.717) is 50.2 Å². The normalized spacial score (nSPS) is 17.9. The van der Waals surface area contributed by atoms with E-state index in [9.17, 15) is 9.59 Å². The molecular formula is C24H27N5O4. The van der Waals surface area contributed by atoms with Gasteiger partial charge in [-0.2, -0.15) is 4.98 Å². The zero-order chi connectivity index (χ0) is 22.6. The van der Waals surface area contributed by atoms with Crippen LogP contribution in [0.3, 0.4) is 0 Å². The lowest BCUT2D eigenvalue weighted by Gasteiger charge is -2.38. The highest BCUT2D eigenvalue weighted by Gasteiger charge is 2.32. The van der Waals surface area contributed by atoms with Crippen LogP contribution in [0.1, 0.15) is 29.3 Å². The summed E-state index contributed by atoms with van der Waals surface area (Å²) in [5.41, 5.74) is 0.933. The van der Waals surface area contributed by atoms with Gasteiger partial charge in [0.05, 0.1) is 12.8 Å². The van der Waals surface area contributed by atoms with E-state index in [4.69, 9.17) is 8.94 Å². The fourth-order valence-electron chi connectivity index (χ4n) is 4.50. The highest BCUT2D eigenvalue weighted by Crippen LogP contribution is 2.23. The molecule has 5 rings (SSSR count). The molecule has 2 amide bonds. The lowest BCUT2D eigenvalue weighted by atomic mass is 9.95. The summed E-state index contributed by atoms with van der Waals surface area (Å²) in [7, 11) is 0. The summed E-state index contributed by atoms with van der Waals surface area (Å²) in [6, 6.07) is 13.1. The number of benzene rings is 1. The van der Waals surface area contributed by atoms with Crippen molar-refractivity contribution < 1.29 is 18.5 Å². The van der Waals surface area contributed by atoms with Crippen LogP contribution in [0.15, 0.2) is 57.7 Å². The van der Waals surface area contributed by atoms with Crippen LogP contribution in [0.4, 0.5) is 0 Å². The maximum atomic E-state index is 13.0. The molecule has 3 aromatic rings. The first kappa shape index (κ1) is 21.4. The number of carbonyl (C=O) groups excluding carboxylic acids is 2. The standard InChI is InChI=1S/C24H27N5O4/c30-23(28-12-14-29(15-13-28)24(31)20-7-4-16-32-20)19-8-10-27(11-9-19)17-21-25-22(26-33-21)18-5-2-1-3-6-18/h1-7,16,19H,8-15,17H2. The molecule has 33 heavy (non-hydrogen) atoms. The summed E-state index contributed by atoms with van der Waals surface area (Å²) in [6.45, 7) is 4.42. The molecule has 9 heteroatoms. The average molecular weight is 450 g/mol. The number of nitrogens with zero attached hydrogens (tertiary/aromatic N) is 5. The summed E-state index contributed by atoms with van der Waals surface area (Å²) < 4.78 is 10.6. The number of piperidine rings is 1. The van der Waals surface area contributed by atoms with Crippen molar-refractivity contribution in [3.63, 3.8) is 0 Å². The topological polar surface area (TPSA) is 95.9 Å². The lowest BCUT2D eigenvalue weighted by molar-refractivity contribution is -0.138. The first-order valence-corrected chi connectivity index (χ1v) is 11.4. The van der Waals surface area contributed by atoms with Crippen LogP contribution in [-0.4, -0.2) is 75.9 Å². The van der Waals surface area contributed by atoms with E-state index in [-0.39, 0.29) is 17.7 Å². The lowest BCUT2D eigenvalue weighted by Crippen LogP contribution is -2.52. The van der Waals surface area contributed by atoms with Gasteiger partial charge in [0, 0.05) is 37.7 Å². The summed E-state index contributed by atoms with van der Waals surface area (Å²) >= 11 is 0. The van der Waals surface area contributed by atoms with Gasteiger partial charge in [0.2, 0.25) is 17.6 Å². The average Bonchev–Trinajstić information content (AvgIpc) is 3.57. The van der Waals surface area contributed by atoms with E-state index in [0.717, 1.165) is 31.5 Å². The van der Waals surface area contributed by atoms with Crippen molar-refractivity contribution in [2.24, 2.45) is 5.92 Å². The largest absolute Gasteiger partial charge is 0.459 e. The van der Waals surface area contributed by atoms with Gasteiger partial charge in [-0.1, -0.05) is 35.5 Å². The van der Waals surface area contributed by atoms with E-state index < -0.39 is 0 Å². The zero-order valence-corrected chi connectivity index (χ0v) is 18.4. The number of carbonyl (C=O) groups is 2. The van der Waals surface area contributed by atoms with Crippen LogP contribution in [0.2, 0.25) is 0 Å². The Balaban J connectivity index is 1.08. The van der Waals surface area contributed by atoms with Gasteiger partial charge in [0.25, 0.3) is 5.91 Å². The molecule has 0 N–H and O–H groups in total. The van der Waals surface area contributed by atoms with E-state index in [1.54, 1.807) is 17.0 Å². The van der Waals surface area contributed by atoms with Crippen LogP contribution in [0.25, 0.3) is 11.4 Å². The Labute approximate surface area is 191 Å². The van der Waals surface area contributed by atoms with Crippen LogP contribution in [0.5, 0.6) is 0 Å². The number of hydrogen-bond donors (Lipinski definition) is 0. The summed E-state index contributed by atoms with van der Waals surface area (Å²) in [6.07, 6.45) is 3.12. The Hall–Kier alpha value is -3.46. The summed E-state index contributed by atoms with van der Waals surface area (Å²) in [5, 5.41) is 4.08. The fourth-order valence-corrected chi connectivity index (χ4v) is 4.50. The van der Waals surface area contributed by atoms with Crippen molar-refractivity contribution >= 4 is 11.8 Å². The Morgan fingerprint density at radius 3 is 2.33 bits per heavy atom. The molecule has 0 atom stereocenters. The molecule has 9 nitrogen and oxygen atoms in total. The first-order valence-electron chi connectivity index (χ1n) is 11.4. The molecule has 0 spiro atoms. The molecule has 0 unspecified atom stereocenters. The van der Waals surface area contributed by atoms with E-state index >= 15 is 0 Å². The third-order valence-electron chi connectivity index (χ3n) is 6.41. The van der Waals surface area contributed by atoms with Gasteiger partial charge >= 0.3 is 0 Å². The number of hydrogen-bond acceptors (Lipinski definition) is 7. The number of piperazine rings is 1. The first-order chi connectivity index (χ1) is 16.2. The molecular weight excluding hydrogens is 422 g/mol. The van der Waals surface area contributed by atoms with Crippen molar-refractivity contribution in [3.8, 4) is 11.4 Å². The second kappa shape index (κ2) is 9.58. The minimum Gasteiger partial charge on any atom is -0.459 e. The Kier molecular flexibility index (Phi) is 6.21. The summed E-state index contributed by atoms with van der Waals surface area (Å²) in [5.74, 6) is 1.65. The molecule has 2 aliphatic rings. The molecule has 2 aromatic heterocycles. The smallest absolute Gasteiger partial charge is 0.289 e. The molecule has 0 radical (unpaired) electrons. The maximum absolute atomic E-state index is 13.0. The predicted molar refractivity (Wildman–Crippen MR) is 119 cm³/mol. The molecule has 1 aromatic carbocycles. The van der Waals surface area contributed by atoms with Crippen molar-refractivity contribution in [2.75, 3.05) is 39.3 Å². The second-order valence-electron chi connectivity index (χ2n) is 8.52. The van der Waals surface area contributed by atoms with Gasteiger partial charge in [-0.25, -0.2) is 0 Å². The molecule has 0 aliphatic carbocycles. The number of aromatic nitrogens is 2. The highest BCUT2D eigenvalue weighted by molar-refractivity contribution is 5.91. The van der Waals surface area contributed by atoms with Crippen LogP contribution in [-0.2, 0) is 11.3 Å².